The van der Waals surface area contributed by atoms with Gasteiger partial charge in [-0.1, -0.05) is 12.1 Å². The lowest BCUT2D eigenvalue weighted by atomic mass is 10.2. The summed E-state index contributed by atoms with van der Waals surface area (Å²) in [6.45, 7) is 3.30. The Morgan fingerprint density at radius 1 is 1.28 bits per heavy atom. The van der Waals surface area contributed by atoms with Crippen LogP contribution in [-0.4, -0.2) is 33.0 Å². The van der Waals surface area contributed by atoms with Crippen molar-refractivity contribution in [3.63, 3.8) is 0 Å². The van der Waals surface area contributed by atoms with Crippen LogP contribution in [0.25, 0.3) is 0 Å². The fraction of sp³-hybridized carbons (Fsp3) is 0.333. The third-order valence-corrected chi connectivity index (χ3v) is 5.14. The normalized spacial score (nSPS) is 11.7. The molecule has 138 valence electrons. The minimum Gasteiger partial charge on any atom is -0.356 e. The van der Waals surface area contributed by atoms with Gasteiger partial charge >= 0.3 is 0 Å². The van der Waals surface area contributed by atoms with Crippen LogP contribution in [0.15, 0.2) is 40.4 Å². The molecule has 0 aliphatic carbocycles. The second-order valence-corrected chi connectivity index (χ2v) is 8.04. The molecule has 2 rings (SSSR count). The number of aromatic nitrogens is 1. The van der Waals surface area contributed by atoms with Gasteiger partial charge in [0.15, 0.2) is 5.96 Å². The highest BCUT2D eigenvalue weighted by molar-refractivity contribution is 14.0. The fourth-order valence-corrected chi connectivity index (χ4v) is 3.31. The molecule has 7 nitrogen and oxygen atoms in total. The molecule has 0 bridgehead atoms. The Morgan fingerprint density at radius 2 is 1.96 bits per heavy atom. The summed E-state index contributed by atoms with van der Waals surface area (Å²) >= 11 is 1.69. The van der Waals surface area contributed by atoms with E-state index in [0.29, 0.717) is 12.5 Å². The zero-order valence-corrected chi connectivity index (χ0v) is 18.0. The number of hydrogen-bond donors (Lipinski definition) is 3. The number of thiazole rings is 1. The smallest absolute Gasteiger partial charge is 0.238 e. The molecule has 1 aromatic carbocycles. The molecule has 0 aliphatic rings. The van der Waals surface area contributed by atoms with E-state index in [9.17, 15) is 8.42 Å². The van der Waals surface area contributed by atoms with Crippen LogP contribution >= 0.6 is 35.3 Å². The van der Waals surface area contributed by atoms with E-state index in [4.69, 9.17) is 5.14 Å². The van der Waals surface area contributed by atoms with E-state index in [1.54, 1.807) is 30.5 Å². The van der Waals surface area contributed by atoms with E-state index in [-0.39, 0.29) is 28.9 Å². The summed E-state index contributed by atoms with van der Waals surface area (Å²) in [7, 11) is -1.95. The van der Waals surface area contributed by atoms with Gasteiger partial charge in [-0.05, 0) is 24.6 Å². The molecule has 0 radical (unpaired) electrons. The zero-order valence-electron chi connectivity index (χ0n) is 14.0. The Kier molecular flexibility index (Phi) is 8.76. The maximum absolute atomic E-state index is 11.2. The van der Waals surface area contributed by atoms with Crippen LogP contribution in [-0.2, 0) is 23.0 Å². The monoisotopic (exact) mass is 495 g/mol. The van der Waals surface area contributed by atoms with Gasteiger partial charge in [0.1, 0.15) is 0 Å². The van der Waals surface area contributed by atoms with Gasteiger partial charge in [0.05, 0.1) is 9.90 Å². The molecule has 1 aromatic heterocycles. The van der Waals surface area contributed by atoms with Crippen molar-refractivity contribution in [1.82, 2.24) is 15.6 Å². The van der Waals surface area contributed by atoms with E-state index >= 15 is 0 Å². The Bertz CT molecular complexity index is 804. The van der Waals surface area contributed by atoms with Crippen LogP contribution in [0, 0.1) is 6.92 Å². The van der Waals surface area contributed by atoms with Crippen molar-refractivity contribution in [2.75, 3.05) is 13.6 Å². The van der Waals surface area contributed by atoms with Crippen molar-refractivity contribution in [1.29, 1.82) is 0 Å². The van der Waals surface area contributed by atoms with Crippen LogP contribution in [0.3, 0.4) is 0 Å². The van der Waals surface area contributed by atoms with Gasteiger partial charge in [-0.2, -0.15) is 0 Å². The molecule has 10 heteroatoms. The lowest BCUT2D eigenvalue weighted by molar-refractivity contribution is 0.597. The molecule has 0 saturated carbocycles. The Hall–Kier alpha value is -1.24. The first kappa shape index (κ1) is 21.8. The summed E-state index contributed by atoms with van der Waals surface area (Å²) in [4.78, 5) is 9.79. The number of nitrogens with zero attached hydrogens (tertiary/aromatic N) is 2. The summed E-state index contributed by atoms with van der Waals surface area (Å²) in [5, 5.41) is 12.6. The van der Waals surface area contributed by atoms with Crippen LogP contribution in [0.1, 0.15) is 15.4 Å². The van der Waals surface area contributed by atoms with Crippen LogP contribution in [0.5, 0.6) is 0 Å². The van der Waals surface area contributed by atoms with Crippen molar-refractivity contribution >= 4 is 51.3 Å². The Labute approximate surface area is 169 Å². The van der Waals surface area contributed by atoms with Gasteiger partial charge in [-0.25, -0.2) is 18.5 Å². The lowest BCUT2D eigenvalue weighted by Crippen LogP contribution is -2.37. The molecular formula is C15H22IN5O2S2. The molecular weight excluding hydrogens is 473 g/mol. The zero-order chi connectivity index (χ0) is 17.6. The molecule has 25 heavy (non-hydrogen) atoms. The maximum Gasteiger partial charge on any atom is 0.238 e. The number of aryl methyl sites for hydroxylation is 1. The first-order valence-corrected chi connectivity index (χ1v) is 9.72. The van der Waals surface area contributed by atoms with E-state index in [0.717, 1.165) is 23.5 Å². The van der Waals surface area contributed by atoms with Crippen LogP contribution in [0.2, 0.25) is 0 Å². The summed E-state index contributed by atoms with van der Waals surface area (Å²) < 4.78 is 22.4. The summed E-state index contributed by atoms with van der Waals surface area (Å²) in [5.41, 5.74) is 0.931. The Morgan fingerprint density at radius 3 is 2.48 bits per heavy atom. The number of aliphatic imine (C=N–C) groups is 1. The van der Waals surface area contributed by atoms with Crippen molar-refractivity contribution in [3.05, 3.63) is 45.9 Å². The SMILES string of the molecule is CN=C(NCCc1ncc(C)s1)NCc1ccc(S(N)(=O)=O)cc1.I. The molecule has 0 spiro atoms. The van der Waals surface area contributed by atoms with Crippen molar-refractivity contribution in [3.8, 4) is 0 Å². The third-order valence-electron chi connectivity index (χ3n) is 3.24. The number of rotatable bonds is 6. The number of sulfonamides is 1. The van der Waals surface area contributed by atoms with Gasteiger partial charge in [-0.3, -0.25) is 4.99 Å². The average molecular weight is 495 g/mol. The second-order valence-electron chi connectivity index (χ2n) is 5.16. The topological polar surface area (TPSA) is 109 Å². The van der Waals surface area contributed by atoms with Gasteiger partial charge in [-0.15, -0.1) is 35.3 Å². The maximum atomic E-state index is 11.2. The predicted molar refractivity (Wildman–Crippen MR) is 112 cm³/mol. The number of primary sulfonamides is 1. The highest BCUT2D eigenvalue weighted by Crippen LogP contribution is 2.11. The lowest BCUT2D eigenvalue weighted by Gasteiger charge is -2.11. The number of nitrogens with two attached hydrogens (primary N) is 1. The van der Waals surface area contributed by atoms with Crippen LogP contribution in [0.4, 0.5) is 0 Å². The Balaban J connectivity index is 0.00000312. The van der Waals surface area contributed by atoms with Gasteiger partial charge in [0.25, 0.3) is 0 Å². The molecule has 0 amide bonds. The highest BCUT2D eigenvalue weighted by atomic mass is 127. The summed E-state index contributed by atoms with van der Waals surface area (Å²) in [6.07, 6.45) is 2.71. The molecule has 4 N–H and O–H groups in total. The van der Waals surface area contributed by atoms with Crippen molar-refractivity contribution in [2.24, 2.45) is 10.1 Å². The average Bonchev–Trinajstić information content (AvgIpc) is 2.95. The van der Waals surface area contributed by atoms with E-state index in [2.05, 4.69) is 20.6 Å². The number of benzene rings is 1. The van der Waals surface area contributed by atoms with E-state index < -0.39 is 10.0 Å². The van der Waals surface area contributed by atoms with Gasteiger partial charge in [0, 0.05) is 37.6 Å². The van der Waals surface area contributed by atoms with Gasteiger partial charge in [0.2, 0.25) is 10.0 Å². The molecule has 1 heterocycles. The largest absolute Gasteiger partial charge is 0.356 e. The number of guanidine groups is 1. The standard InChI is InChI=1S/C15H21N5O2S2.HI/c1-11-9-19-14(23-11)7-8-18-15(17-2)20-10-12-3-5-13(6-4-12)24(16,21)22;/h3-6,9H,7-8,10H2,1-2H3,(H2,16,21,22)(H2,17,18,20);1H. The highest BCUT2D eigenvalue weighted by Gasteiger charge is 2.07. The minimum atomic E-state index is -3.65. The van der Waals surface area contributed by atoms with E-state index in [1.165, 1.54) is 17.0 Å². The molecule has 0 atom stereocenters. The summed E-state index contributed by atoms with van der Waals surface area (Å²) in [6, 6.07) is 6.43. The first-order chi connectivity index (χ1) is 11.4. The van der Waals surface area contributed by atoms with E-state index in [1.807, 2.05) is 13.1 Å². The second kappa shape index (κ2) is 10.0. The first-order valence-electron chi connectivity index (χ1n) is 7.36. The summed E-state index contributed by atoms with van der Waals surface area (Å²) in [5.74, 6) is 0.679. The number of hydrogen-bond acceptors (Lipinski definition) is 5. The third kappa shape index (κ3) is 7.26. The fourth-order valence-electron chi connectivity index (χ4n) is 2.01. The molecule has 0 saturated heterocycles. The molecule has 2 aromatic rings. The van der Waals surface area contributed by atoms with Gasteiger partial charge < -0.3 is 10.6 Å². The number of halogens is 1. The number of nitrogens with one attached hydrogen (secondary N) is 2. The molecule has 0 unspecified atom stereocenters. The minimum absolute atomic E-state index is 0. The molecule has 0 aliphatic heterocycles. The van der Waals surface area contributed by atoms with Crippen LogP contribution < -0.4 is 15.8 Å². The predicted octanol–water partition coefficient (Wildman–Crippen LogP) is 1.62. The van der Waals surface area contributed by atoms with Crippen molar-refractivity contribution < 1.29 is 8.42 Å². The quantitative estimate of drug-likeness (QED) is 0.321. The molecule has 0 fully saturated rings. The van der Waals surface area contributed by atoms with Crippen molar-refractivity contribution in [2.45, 2.75) is 24.8 Å².